The number of halogens is 3. The molecule has 0 bridgehead atoms. The van der Waals surface area contributed by atoms with E-state index in [0.29, 0.717) is 23.8 Å². The summed E-state index contributed by atoms with van der Waals surface area (Å²) in [6.45, 7) is 6.38. The first kappa shape index (κ1) is 24.3. The second-order valence-corrected chi connectivity index (χ2v) is 9.66. The maximum atomic E-state index is 12.5. The number of carbonyl (C=O) groups is 3. The van der Waals surface area contributed by atoms with Crippen LogP contribution < -0.4 is 10.6 Å². The van der Waals surface area contributed by atoms with Crippen LogP contribution >= 0.6 is 23.1 Å². The number of likely N-dealkylation sites (tertiary alicyclic amines) is 1. The van der Waals surface area contributed by atoms with Crippen molar-refractivity contribution >= 4 is 46.0 Å². The Balaban J connectivity index is 1.96. The Bertz CT molecular complexity index is 808. The Labute approximate surface area is 179 Å². The van der Waals surface area contributed by atoms with Gasteiger partial charge in [-0.05, 0) is 39.4 Å². The van der Waals surface area contributed by atoms with Gasteiger partial charge in [-0.25, -0.2) is 9.78 Å². The fourth-order valence-corrected chi connectivity index (χ4v) is 4.07. The molecule has 0 radical (unpaired) electrons. The number of rotatable bonds is 5. The van der Waals surface area contributed by atoms with Crippen LogP contribution in [0.15, 0.2) is 4.34 Å². The van der Waals surface area contributed by atoms with Crippen LogP contribution in [0.2, 0.25) is 0 Å². The second-order valence-electron chi connectivity index (χ2n) is 7.60. The first-order valence-corrected chi connectivity index (χ1v) is 11.0. The van der Waals surface area contributed by atoms with E-state index in [4.69, 9.17) is 4.74 Å². The van der Waals surface area contributed by atoms with E-state index in [9.17, 15) is 27.6 Å². The Morgan fingerprint density at radius 1 is 1.30 bits per heavy atom. The maximum absolute atomic E-state index is 12.5. The molecule has 168 valence electrons. The van der Waals surface area contributed by atoms with Crippen molar-refractivity contribution in [1.82, 2.24) is 15.2 Å². The van der Waals surface area contributed by atoms with Crippen molar-refractivity contribution in [2.75, 3.05) is 31.2 Å². The molecule has 2 N–H and O–H groups in total. The molecule has 1 atom stereocenters. The van der Waals surface area contributed by atoms with Crippen LogP contribution in [0.4, 0.5) is 23.0 Å². The minimum absolute atomic E-state index is 0.0339. The summed E-state index contributed by atoms with van der Waals surface area (Å²) in [6, 6.07) is 0. The number of hydrogen-bond donors (Lipinski definition) is 2. The van der Waals surface area contributed by atoms with Crippen molar-refractivity contribution in [3.05, 3.63) is 5.69 Å². The first-order valence-electron chi connectivity index (χ1n) is 8.99. The van der Waals surface area contributed by atoms with Crippen LogP contribution in [0, 0.1) is 5.92 Å². The molecule has 0 aliphatic carbocycles. The average molecular weight is 469 g/mol. The van der Waals surface area contributed by atoms with E-state index < -0.39 is 29.7 Å². The summed E-state index contributed by atoms with van der Waals surface area (Å²) in [7, 11) is 0. The van der Waals surface area contributed by atoms with E-state index in [2.05, 4.69) is 10.3 Å². The molecule has 0 spiro atoms. The van der Waals surface area contributed by atoms with Gasteiger partial charge in [-0.1, -0.05) is 23.1 Å². The summed E-state index contributed by atoms with van der Waals surface area (Å²) in [5.74, 6) is -2.90. The van der Waals surface area contributed by atoms with Crippen molar-refractivity contribution in [2.45, 2.75) is 43.3 Å². The summed E-state index contributed by atoms with van der Waals surface area (Å²) in [5, 5.41) is 4.07. The maximum Gasteiger partial charge on any atom is 0.471 e. The molecule has 1 saturated heterocycles. The van der Waals surface area contributed by atoms with Crippen molar-refractivity contribution in [3.8, 4) is 0 Å². The number of hydrogen-bond acceptors (Lipinski definition) is 7. The molecule has 2 rings (SSSR count). The number of aromatic nitrogens is 1. The molecule has 1 aromatic heterocycles. The van der Waals surface area contributed by atoms with E-state index in [1.807, 2.05) is 0 Å². The van der Waals surface area contributed by atoms with Gasteiger partial charge in [0.25, 0.3) is 5.91 Å². The molecule has 1 aromatic rings. The number of amides is 3. The number of carbonyl (C=O) groups excluding carboxylic acids is 3. The quantitative estimate of drug-likeness (QED) is 0.643. The summed E-state index contributed by atoms with van der Waals surface area (Å²) in [5.41, 5.74) is -0.885. The summed E-state index contributed by atoms with van der Waals surface area (Å²) < 4.78 is 43.3. The third kappa shape index (κ3) is 6.76. The van der Waals surface area contributed by atoms with Crippen molar-refractivity contribution in [1.29, 1.82) is 0 Å². The minimum Gasteiger partial charge on any atom is -0.444 e. The van der Waals surface area contributed by atoms with Gasteiger partial charge in [0.2, 0.25) is 0 Å². The Hall–Kier alpha value is -2.02. The zero-order valence-electron chi connectivity index (χ0n) is 16.9. The van der Waals surface area contributed by atoms with Gasteiger partial charge in [-0.2, -0.15) is 13.2 Å². The lowest BCUT2D eigenvalue weighted by Gasteiger charge is -2.24. The van der Waals surface area contributed by atoms with E-state index in [-0.39, 0.29) is 23.2 Å². The SMILES string of the molecule is CSc1nc(C(=O)NCC2CCN(C(=O)OC(C)(C)C)C2)c(NC(=O)C(F)(F)F)s1. The highest BCUT2D eigenvalue weighted by Crippen LogP contribution is 2.32. The molecule has 1 aliphatic rings. The molecule has 1 aliphatic heterocycles. The smallest absolute Gasteiger partial charge is 0.444 e. The standard InChI is InChI=1S/C17H23F3N4O4S2/c1-16(2,3)28-15(27)24-6-5-9(8-24)7-21-11(25)10-12(30-14(22-10)29-4)23-13(26)17(18,19)20/h9H,5-8H2,1-4H3,(H,21,25)(H,23,26). The topological polar surface area (TPSA) is 101 Å². The van der Waals surface area contributed by atoms with Crippen LogP contribution in [0.3, 0.4) is 0 Å². The van der Waals surface area contributed by atoms with Gasteiger partial charge in [0.05, 0.1) is 0 Å². The number of thiazole rings is 1. The first-order chi connectivity index (χ1) is 13.8. The van der Waals surface area contributed by atoms with Gasteiger partial charge in [0.1, 0.15) is 10.6 Å². The number of nitrogens with zero attached hydrogens (tertiary/aromatic N) is 2. The summed E-state index contributed by atoms with van der Waals surface area (Å²) in [6.07, 6.45) is -3.21. The number of nitrogens with one attached hydrogen (secondary N) is 2. The number of anilines is 1. The van der Waals surface area contributed by atoms with Crippen LogP contribution in [0.5, 0.6) is 0 Å². The summed E-state index contributed by atoms with van der Waals surface area (Å²) >= 11 is 1.93. The molecule has 30 heavy (non-hydrogen) atoms. The third-order valence-corrected chi connectivity index (χ3v) is 5.93. The van der Waals surface area contributed by atoms with Crippen LogP contribution in [-0.4, -0.2) is 65.5 Å². The van der Waals surface area contributed by atoms with E-state index in [1.54, 1.807) is 37.2 Å². The Morgan fingerprint density at radius 3 is 2.53 bits per heavy atom. The van der Waals surface area contributed by atoms with Gasteiger partial charge >= 0.3 is 18.2 Å². The van der Waals surface area contributed by atoms with Gasteiger partial charge in [0, 0.05) is 19.6 Å². The van der Waals surface area contributed by atoms with Gasteiger partial charge in [-0.15, -0.1) is 0 Å². The predicted octanol–water partition coefficient (Wildman–Crippen LogP) is 3.35. The lowest BCUT2D eigenvalue weighted by molar-refractivity contribution is -0.167. The molecule has 0 saturated carbocycles. The molecule has 2 heterocycles. The molecule has 3 amide bonds. The fraction of sp³-hybridized carbons (Fsp3) is 0.647. The van der Waals surface area contributed by atoms with Gasteiger partial charge in [0.15, 0.2) is 10.0 Å². The van der Waals surface area contributed by atoms with Crippen molar-refractivity contribution in [3.63, 3.8) is 0 Å². The Morgan fingerprint density at radius 2 is 1.97 bits per heavy atom. The molecule has 1 unspecified atom stereocenters. The predicted molar refractivity (Wildman–Crippen MR) is 107 cm³/mol. The molecular formula is C17H23F3N4O4S2. The van der Waals surface area contributed by atoms with Crippen molar-refractivity contribution in [2.24, 2.45) is 5.92 Å². The zero-order valence-corrected chi connectivity index (χ0v) is 18.5. The molecule has 13 heteroatoms. The highest BCUT2D eigenvalue weighted by Gasteiger charge is 2.40. The van der Waals surface area contributed by atoms with E-state index in [0.717, 1.165) is 23.1 Å². The largest absolute Gasteiger partial charge is 0.471 e. The summed E-state index contributed by atoms with van der Waals surface area (Å²) in [4.78, 5) is 41.3. The number of ether oxygens (including phenoxy) is 1. The minimum atomic E-state index is -5.08. The molecule has 1 fully saturated rings. The van der Waals surface area contributed by atoms with Gasteiger partial charge < -0.3 is 20.3 Å². The fourth-order valence-electron chi connectivity index (χ4n) is 2.61. The molecular weight excluding hydrogens is 445 g/mol. The second kappa shape index (κ2) is 9.41. The molecule has 0 aromatic carbocycles. The van der Waals surface area contributed by atoms with Crippen LogP contribution in [0.25, 0.3) is 0 Å². The number of thioether (sulfide) groups is 1. The van der Waals surface area contributed by atoms with Crippen molar-refractivity contribution < 1.29 is 32.3 Å². The lowest BCUT2D eigenvalue weighted by Crippen LogP contribution is -2.37. The Kier molecular flexibility index (Phi) is 7.61. The highest BCUT2D eigenvalue weighted by molar-refractivity contribution is 8.00. The van der Waals surface area contributed by atoms with Crippen LogP contribution in [-0.2, 0) is 9.53 Å². The van der Waals surface area contributed by atoms with E-state index >= 15 is 0 Å². The number of alkyl halides is 3. The monoisotopic (exact) mass is 468 g/mol. The average Bonchev–Trinajstić information content (AvgIpc) is 3.24. The third-order valence-electron chi connectivity index (χ3n) is 3.97. The highest BCUT2D eigenvalue weighted by atomic mass is 32.2. The lowest BCUT2D eigenvalue weighted by atomic mass is 10.1. The normalized spacial score (nSPS) is 17.0. The van der Waals surface area contributed by atoms with E-state index in [1.165, 1.54) is 0 Å². The van der Waals surface area contributed by atoms with Gasteiger partial charge in [-0.3, -0.25) is 9.59 Å². The molecule has 8 nitrogen and oxygen atoms in total. The van der Waals surface area contributed by atoms with Crippen LogP contribution in [0.1, 0.15) is 37.7 Å². The zero-order chi connectivity index (χ0) is 22.7.